The van der Waals surface area contributed by atoms with E-state index in [9.17, 15) is 4.79 Å². The van der Waals surface area contributed by atoms with Gasteiger partial charge in [0.1, 0.15) is 5.76 Å². The summed E-state index contributed by atoms with van der Waals surface area (Å²) in [5.41, 5.74) is 5.55. The van der Waals surface area contributed by atoms with E-state index in [4.69, 9.17) is 15.5 Å². The van der Waals surface area contributed by atoms with Crippen molar-refractivity contribution in [1.82, 2.24) is 10.1 Å². The number of nitrogens with two attached hydrogens (primary N) is 1. The minimum atomic E-state index is -0.314. The number of carbonyl (C=O) groups is 1. The second kappa shape index (κ2) is 5.15. The van der Waals surface area contributed by atoms with Gasteiger partial charge in [-0.2, -0.15) is 0 Å². The van der Waals surface area contributed by atoms with Crippen LogP contribution in [-0.2, 0) is 0 Å². The number of carbonyl (C=O) groups excluding carboxylic acids is 1. The number of rotatable bonds is 4. The molecule has 0 aromatic carbocycles. The van der Waals surface area contributed by atoms with Crippen LogP contribution in [0.2, 0.25) is 0 Å². The van der Waals surface area contributed by atoms with Crippen LogP contribution in [0.1, 0.15) is 23.2 Å². The van der Waals surface area contributed by atoms with Gasteiger partial charge in [0.25, 0.3) is 5.91 Å². The summed E-state index contributed by atoms with van der Waals surface area (Å²) in [6, 6.07) is 1.54. The van der Waals surface area contributed by atoms with Crippen molar-refractivity contribution in [3.63, 3.8) is 0 Å². The summed E-state index contributed by atoms with van der Waals surface area (Å²) in [6.07, 6.45) is 0. The number of hydrogen-bond acceptors (Lipinski definition) is 5. The zero-order valence-electron chi connectivity index (χ0n) is 9.17. The van der Waals surface area contributed by atoms with E-state index in [2.05, 4.69) is 10.3 Å². The Labute approximate surface area is 92.5 Å². The number of hydrogen-bond donors (Lipinski definition) is 2. The van der Waals surface area contributed by atoms with Crippen LogP contribution in [0, 0.1) is 6.92 Å². The number of aryl methyl sites for hydroxylation is 1. The third-order valence-corrected chi connectivity index (χ3v) is 2.00. The van der Waals surface area contributed by atoms with Crippen molar-refractivity contribution in [2.45, 2.75) is 13.8 Å². The molecule has 0 saturated carbocycles. The normalized spacial score (nSPS) is 11.5. The third kappa shape index (κ3) is 2.72. The Kier molecular flexibility index (Phi) is 3.87. The van der Waals surface area contributed by atoms with Gasteiger partial charge in [0.15, 0.2) is 11.5 Å². The maximum absolute atomic E-state index is 11.9. The molecule has 0 aliphatic rings. The van der Waals surface area contributed by atoms with Crippen molar-refractivity contribution in [1.29, 1.82) is 0 Å². The second-order valence-corrected chi connectivity index (χ2v) is 3.23. The summed E-state index contributed by atoms with van der Waals surface area (Å²) in [4.78, 5) is 13.2. The van der Waals surface area contributed by atoms with Crippen molar-refractivity contribution in [3.8, 4) is 0 Å². The highest BCUT2D eigenvalue weighted by atomic mass is 16.5. The molecular formula is C9H14N4O3. The molecule has 1 heterocycles. The van der Waals surface area contributed by atoms with Gasteiger partial charge >= 0.3 is 0 Å². The van der Waals surface area contributed by atoms with Crippen LogP contribution < -0.4 is 5.73 Å². The van der Waals surface area contributed by atoms with Gasteiger partial charge in [-0.05, 0) is 13.8 Å². The van der Waals surface area contributed by atoms with Crippen molar-refractivity contribution < 1.29 is 14.5 Å². The van der Waals surface area contributed by atoms with Gasteiger partial charge in [0, 0.05) is 12.6 Å². The van der Waals surface area contributed by atoms with Crippen molar-refractivity contribution in [3.05, 3.63) is 17.5 Å². The molecule has 0 radical (unpaired) electrons. The van der Waals surface area contributed by atoms with Gasteiger partial charge in [-0.25, -0.2) is 0 Å². The molecule has 7 nitrogen and oxygen atoms in total. The van der Waals surface area contributed by atoms with Gasteiger partial charge in [-0.1, -0.05) is 10.3 Å². The van der Waals surface area contributed by atoms with Crippen LogP contribution >= 0.6 is 0 Å². The summed E-state index contributed by atoms with van der Waals surface area (Å²) in [5, 5.41) is 14.8. The Morgan fingerprint density at radius 1 is 1.75 bits per heavy atom. The SMILES string of the molecule is CCN(CC(N)=NO)C(=O)c1cc(C)on1. The molecule has 3 N–H and O–H groups in total. The highest BCUT2D eigenvalue weighted by Crippen LogP contribution is 2.05. The fourth-order valence-electron chi connectivity index (χ4n) is 1.18. The van der Waals surface area contributed by atoms with Gasteiger partial charge in [-0.15, -0.1) is 0 Å². The summed E-state index contributed by atoms with van der Waals surface area (Å²) in [7, 11) is 0. The molecule has 0 spiro atoms. The first-order valence-electron chi connectivity index (χ1n) is 4.77. The van der Waals surface area contributed by atoms with Gasteiger partial charge in [0.05, 0.1) is 6.54 Å². The molecule has 1 amide bonds. The number of amidine groups is 1. The average molecular weight is 226 g/mol. The summed E-state index contributed by atoms with van der Waals surface area (Å²) >= 11 is 0. The number of nitrogens with zero attached hydrogens (tertiary/aromatic N) is 3. The lowest BCUT2D eigenvalue weighted by molar-refractivity contribution is 0.0776. The van der Waals surface area contributed by atoms with E-state index in [1.165, 1.54) is 11.0 Å². The summed E-state index contributed by atoms with van der Waals surface area (Å²) < 4.78 is 4.80. The quantitative estimate of drug-likeness (QED) is 0.330. The molecule has 0 saturated heterocycles. The fourth-order valence-corrected chi connectivity index (χ4v) is 1.18. The molecule has 0 unspecified atom stereocenters. The van der Waals surface area contributed by atoms with Crippen LogP contribution in [-0.4, -0.2) is 40.1 Å². The summed E-state index contributed by atoms with van der Waals surface area (Å²) in [5.74, 6) is 0.213. The minimum absolute atomic E-state index is 0.0320. The molecule has 0 aliphatic carbocycles. The van der Waals surface area contributed by atoms with Crippen molar-refractivity contribution in [2.24, 2.45) is 10.9 Å². The van der Waals surface area contributed by atoms with E-state index >= 15 is 0 Å². The molecule has 88 valence electrons. The lowest BCUT2D eigenvalue weighted by atomic mass is 10.3. The lowest BCUT2D eigenvalue weighted by Crippen LogP contribution is -2.38. The van der Waals surface area contributed by atoms with Crippen LogP contribution in [0.3, 0.4) is 0 Å². The van der Waals surface area contributed by atoms with Crippen LogP contribution in [0.25, 0.3) is 0 Å². The molecular weight excluding hydrogens is 212 g/mol. The molecule has 1 aromatic heterocycles. The predicted molar refractivity (Wildman–Crippen MR) is 56.2 cm³/mol. The number of aromatic nitrogens is 1. The molecule has 1 aromatic rings. The lowest BCUT2D eigenvalue weighted by Gasteiger charge is -2.18. The first kappa shape index (κ1) is 12.0. The molecule has 0 fully saturated rings. The predicted octanol–water partition coefficient (Wildman–Crippen LogP) is 0.192. The monoisotopic (exact) mass is 226 g/mol. The molecule has 0 atom stereocenters. The molecule has 0 bridgehead atoms. The summed E-state index contributed by atoms with van der Waals surface area (Å²) in [6.45, 7) is 3.97. The molecule has 16 heavy (non-hydrogen) atoms. The maximum Gasteiger partial charge on any atom is 0.276 e. The topological polar surface area (TPSA) is 105 Å². The average Bonchev–Trinajstić information content (AvgIpc) is 2.71. The largest absolute Gasteiger partial charge is 0.409 e. The van der Waals surface area contributed by atoms with Crippen LogP contribution in [0.15, 0.2) is 15.7 Å². The smallest absolute Gasteiger partial charge is 0.276 e. The zero-order valence-corrected chi connectivity index (χ0v) is 9.17. The van der Waals surface area contributed by atoms with E-state index in [0.717, 1.165) is 0 Å². The molecule has 0 aliphatic heterocycles. The Balaban J connectivity index is 2.77. The highest BCUT2D eigenvalue weighted by molar-refractivity contribution is 5.95. The van der Waals surface area contributed by atoms with E-state index in [0.29, 0.717) is 12.3 Å². The maximum atomic E-state index is 11.9. The Morgan fingerprint density at radius 3 is 2.88 bits per heavy atom. The Bertz CT molecular complexity index is 399. The van der Waals surface area contributed by atoms with E-state index in [1.54, 1.807) is 13.8 Å². The van der Waals surface area contributed by atoms with Crippen LogP contribution in [0.4, 0.5) is 0 Å². The minimum Gasteiger partial charge on any atom is -0.409 e. The van der Waals surface area contributed by atoms with E-state index in [-0.39, 0.29) is 24.0 Å². The Morgan fingerprint density at radius 2 is 2.44 bits per heavy atom. The second-order valence-electron chi connectivity index (χ2n) is 3.23. The van der Waals surface area contributed by atoms with Crippen LogP contribution in [0.5, 0.6) is 0 Å². The number of likely N-dealkylation sites (N-methyl/N-ethyl adjacent to an activating group) is 1. The first-order chi connectivity index (χ1) is 7.58. The zero-order chi connectivity index (χ0) is 12.1. The van der Waals surface area contributed by atoms with E-state index in [1.807, 2.05) is 0 Å². The molecule has 1 rings (SSSR count). The number of amides is 1. The fraction of sp³-hybridized carbons (Fsp3) is 0.444. The third-order valence-electron chi connectivity index (χ3n) is 2.00. The highest BCUT2D eigenvalue weighted by Gasteiger charge is 2.18. The number of oxime groups is 1. The molecule has 7 heteroatoms. The van der Waals surface area contributed by atoms with E-state index < -0.39 is 0 Å². The first-order valence-corrected chi connectivity index (χ1v) is 4.77. The standard InChI is InChI=1S/C9H14N4O3/c1-3-13(5-8(10)11-15)9(14)7-4-6(2)16-12-7/h4,15H,3,5H2,1-2H3,(H2,10,11). The Hall–Kier alpha value is -2.05. The van der Waals surface area contributed by atoms with Gasteiger partial charge in [0.2, 0.25) is 0 Å². The van der Waals surface area contributed by atoms with Crippen molar-refractivity contribution >= 4 is 11.7 Å². The van der Waals surface area contributed by atoms with Crippen molar-refractivity contribution in [2.75, 3.05) is 13.1 Å². The van der Waals surface area contributed by atoms with Gasteiger partial charge in [-0.3, -0.25) is 4.79 Å². The van der Waals surface area contributed by atoms with Gasteiger partial charge < -0.3 is 20.4 Å².